The van der Waals surface area contributed by atoms with Gasteiger partial charge in [0.1, 0.15) is 11.6 Å². The van der Waals surface area contributed by atoms with Crippen molar-refractivity contribution in [3.8, 4) is 0 Å². The van der Waals surface area contributed by atoms with Crippen LogP contribution in [0.1, 0.15) is 12.8 Å². The molecule has 1 heterocycles. The van der Waals surface area contributed by atoms with Crippen LogP contribution in [0.3, 0.4) is 0 Å². The van der Waals surface area contributed by atoms with Gasteiger partial charge in [0.05, 0.1) is 6.20 Å². The van der Waals surface area contributed by atoms with E-state index in [-0.39, 0.29) is 12.2 Å². The first-order valence-corrected chi connectivity index (χ1v) is 4.25. The van der Waals surface area contributed by atoms with Crippen LogP contribution in [0, 0.1) is 5.82 Å². The molecule has 0 radical (unpaired) electrons. The average molecular weight is 198 g/mol. The number of rotatable bonds is 5. The van der Waals surface area contributed by atoms with Gasteiger partial charge in [-0.1, -0.05) is 0 Å². The van der Waals surface area contributed by atoms with Crippen LogP contribution in [-0.4, -0.2) is 22.6 Å². The van der Waals surface area contributed by atoms with E-state index in [1.165, 1.54) is 12.1 Å². The summed E-state index contributed by atoms with van der Waals surface area (Å²) in [6.07, 6.45) is 1.75. The Morgan fingerprint density at radius 1 is 1.57 bits per heavy atom. The highest BCUT2D eigenvalue weighted by molar-refractivity contribution is 5.66. The molecule has 76 valence electrons. The maximum absolute atomic E-state index is 12.4. The van der Waals surface area contributed by atoms with E-state index in [4.69, 9.17) is 5.11 Å². The number of carboxylic acids is 1. The number of carboxylic acid groups (broad SMARTS) is 1. The Hall–Kier alpha value is -1.65. The molecule has 0 saturated carbocycles. The van der Waals surface area contributed by atoms with Crippen LogP contribution in [0.15, 0.2) is 18.3 Å². The molecule has 5 heteroatoms. The van der Waals surface area contributed by atoms with Gasteiger partial charge in [0.15, 0.2) is 0 Å². The predicted molar refractivity (Wildman–Crippen MR) is 49.6 cm³/mol. The largest absolute Gasteiger partial charge is 0.481 e. The summed E-state index contributed by atoms with van der Waals surface area (Å²) in [6, 6.07) is 2.81. The molecule has 0 amide bonds. The topological polar surface area (TPSA) is 62.2 Å². The zero-order valence-electron chi connectivity index (χ0n) is 7.53. The van der Waals surface area contributed by atoms with Crippen molar-refractivity contribution in [2.75, 3.05) is 11.9 Å². The van der Waals surface area contributed by atoms with Gasteiger partial charge in [0.25, 0.3) is 0 Å². The van der Waals surface area contributed by atoms with Gasteiger partial charge in [0, 0.05) is 13.0 Å². The lowest BCUT2D eigenvalue weighted by Gasteiger charge is -2.03. The lowest BCUT2D eigenvalue weighted by molar-refractivity contribution is -0.137. The average Bonchev–Trinajstić information content (AvgIpc) is 2.15. The summed E-state index contributed by atoms with van der Waals surface area (Å²) in [5, 5.41) is 11.2. The van der Waals surface area contributed by atoms with Crippen LogP contribution in [-0.2, 0) is 4.79 Å². The second-order valence-electron chi connectivity index (χ2n) is 2.79. The van der Waals surface area contributed by atoms with E-state index in [1.54, 1.807) is 0 Å². The molecule has 4 nitrogen and oxygen atoms in total. The summed E-state index contributed by atoms with van der Waals surface area (Å²) in [7, 11) is 0. The lowest BCUT2D eigenvalue weighted by atomic mass is 10.3. The van der Waals surface area contributed by atoms with E-state index in [1.807, 2.05) is 0 Å². The normalized spacial score (nSPS) is 9.79. The third kappa shape index (κ3) is 3.84. The second kappa shape index (κ2) is 5.16. The molecule has 0 aliphatic carbocycles. The third-order valence-corrected chi connectivity index (χ3v) is 1.60. The fourth-order valence-corrected chi connectivity index (χ4v) is 0.936. The highest BCUT2D eigenvalue weighted by Crippen LogP contribution is 2.03. The number of nitrogens with one attached hydrogen (secondary N) is 1. The number of aliphatic carboxylic acids is 1. The van der Waals surface area contributed by atoms with E-state index < -0.39 is 5.97 Å². The lowest BCUT2D eigenvalue weighted by Crippen LogP contribution is -2.05. The molecule has 0 saturated heterocycles. The van der Waals surface area contributed by atoms with Crippen LogP contribution in [0.5, 0.6) is 0 Å². The summed E-state index contributed by atoms with van der Waals surface area (Å²) in [6.45, 7) is 0.519. The van der Waals surface area contributed by atoms with Crippen LogP contribution in [0.4, 0.5) is 10.2 Å². The molecule has 0 bridgehead atoms. The molecular formula is C9H11FN2O2. The molecular weight excluding hydrogens is 187 g/mol. The van der Waals surface area contributed by atoms with Crippen molar-refractivity contribution in [2.45, 2.75) is 12.8 Å². The fraction of sp³-hybridized carbons (Fsp3) is 0.333. The molecule has 2 N–H and O–H groups in total. The SMILES string of the molecule is O=C(O)CCCNc1ccc(F)cn1. The van der Waals surface area contributed by atoms with Gasteiger partial charge in [-0.3, -0.25) is 4.79 Å². The first-order valence-electron chi connectivity index (χ1n) is 4.25. The molecule has 0 atom stereocenters. The quantitative estimate of drug-likeness (QED) is 0.704. The maximum Gasteiger partial charge on any atom is 0.303 e. The maximum atomic E-state index is 12.4. The number of hydrogen-bond acceptors (Lipinski definition) is 3. The fourth-order valence-electron chi connectivity index (χ4n) is 0.936. The smallest absolute Gasteiger partial charge is 0.303 e. The zero-order valence-corrected chi connectivity index (χ0v) is 7.53. The molecule has 0 aliphatic rings. The number of carbonyl (C=O) groups is 1. The van der Waals surface area contributed by atoms with Gasteiger partial charge in [-0.05, 0) is 18.6 Å². The van der Waals surface area contributed by atoms with E-state index in [0.29, 0.717) is 18.8 Å². The third-order valence-electron chi connectivity index (χ3n) is 1.60. The molecule has 0 fully saturated rings. The minimum atomic E-state index is -0.820. The summed E-state index contributed by atoms with van der Waals surface area (Å²) in [5.41, 5.74) is 0. The van der Waals surface area contributed by atoms with Gasteiger partial charge in [-0.2, -0.15) is 0 Å². The molecule has 1 rings (SSSR count). The zero-order chi connectivity index (χ0) is 10.4. The Labute approximate surface area is 80.8 Å². The van der Waals surface area contributed by atoms with Crippen molar-refractivity contribution in [2.24, 2.45) is 0 Å². The Morgan fingerprint density at radius 2 is 2.36 bits per heavy atom. The van der Waals surface area contributed by atoms with Crippen LogP contribution in [0.25, 0.3) is 0 Å². The minimum absolute atomic E-state index is 0.119. The van der Waals surface area contributed by atoms with E-state index in [9.17, 15) is 9.18 Å². The molecule has 0 unspecified atom stereocenters. The van der Waals surface area contributed by atoms with Crippen LogP contribution < -0.4 is 5.32 Å². The first-order chi connectivity index (χ1) is 6.68. The summed E-state index contributed by atoms with van der Waals surface area (Å²) in [5.74, 6) is -0.656. The van der Waals surface area contributed by atoms with Gasteiger partial charge < -0.3 is 10.4 Å². The number of hydrogen-bond donors (Lipinski definition) is 2. The Balaban J connectivity index is 2.25. The first kappa shape index (κ1) is 10.4. The number of pyridine rings is 1. The molecule has 14 heavy (non-hydrogen) atoms. The number of halogens is 1. The standard InChI is InChI=1S/C9H11FN2O2/c10-7-3-4-8(12-6-7)11-5-1-2-9(13)14/h3-4,6H,1-2,5H2,(H,11,12)(H,13,14). The van der Waals surface area contributed by atoms with Crippen molar-refractivity contribution in [1.29, 1.82) is 0 Å². The van der Waals surface area contributed by atoms with Gasteiger partial charge in [0.2, 0.25) is 0 Å². The van der Waals surface area contributed by atoms with Crippen molar-refractivity contribution < 1.29 is 14.3 Å². The Bertz CT molecular complexity index is 300. The molecule has 0 aromatic carbocycles. The van der Waals surface area contributed by atoms with Crippen molar-refractivity contribution >= 4 is 11.8 Å². The predicted octanol–water partition coefficient (Wildman–Crippen LogP) is 1.50. The number of nitrogens with zero attached hydrogens (tertiary/aromatic N) is 1. The van der Waals surface area contributed by atoms with E-state index >= 15 is 0 Å². The van der Waals surface area contributed by atoms with Gasteiger partial charge in [-0.25, -0.2) is 9.37 Å². The van der Waals surface area contributed by atoms with E-state index in [2.05, 4.69) is 10.3 Å². The van der Waals surface area contributed by atoms with Crippen molar-refractivity contribution in [3.63, 3.8) is 0 Å². The summed E-state index contributed by atoms with van der Waals surface area (Å²) in [4.78, 5) is 13.9. The molecule has 1 aromatic rings. The van der Waals surface area contributed by atoms with Crippen LogP contribution >= 0.6 is 0 Å². The number of anilines is 1. The molecule has 1 aromatic heterocycles. The van der Waals surface area contributed by atoms with Crippen molar-refractivity contribution in [1.82, 2.24) is 4.98 Å². The molecule has 0 spiro atoms. The monoisotopic (exact) mass is 198 g/mol. The van der Waals surface area contributed by atoms with E-state index in [0.717, 1.165) is 6.20 Å². The van der Waals surface area contributed by atoms with Crippen molar-refractivity contribution in [3.05, 3.63) is 24.1 Å². The van der Waals surface area contributed by atoms with Gasteiger partial charge >= 0.3 is 5.97 Å². The van der Waals surface area contributed by atoms with Gasteiger partial charge in [-0.15, -0.1) is 0 Å². The number of aromatic nitrogens is 1. The Kier molecular flexibility index (Phi) is 3.84. The second-order valence-corrected chi connectivity index (χ2v) is 2.79. The highest BCUT2D eigenvalue weighted by atomic mass is 19.1. The summed E-state index contributed by atoms with van der Waals surface area (Å²) >= 11 is 0. The highest BCUT2D eigenvalue weighted by Gasteiger charge is 1.97. The summed E-state index contributed by atoms with van der Waals surface area (Å²) < 4.78 is 12.4. The molecule has 0 aliphatic heterocycles. The minimum Gasteiger partial charge on any atom is -0.481 e. The Morgan fingerprint density at radius 3 is 2.93 bits per heavy atom. The van der Waals surface area contributed by atoms with Crippen LogP contribution in [0.2, 0.25) is 0 Å².